The number of hydrogen-bond donors (Lipinski definition) is 2. The smallest absolute Gasteiger partial charge is 0.191 e. The van der Waals surface area contributed by atoms with Gasteiger partial charge in [-0.25, -0.2) is 4.39 Å². The van der Waals surface area contributed by atoms with Crippen molar-refractivity contribution in [1.82, 2.24) is 10.6 Å². The molecule has 5 heteroatoms. The molecule has 0 spiro atoms. The van der Waals surface area contributed by atoms with Crippen LogP contribution < -0.4 is 10.6 Å². The van der Waals surface area contributed by atoms with Crippen molar-refractivity contribution in [2.24, 2.45) is 4.99 Å². The van der Waals surface area contributed by atoms with Gasteiger partial charge in [0.05, 0.1) is 0 Å². The lowest BCUT2D eigenvalue weighted by Crippen LogP contribution is -2.44. The fraction of sp³-hybridized carbons (Fsp3) is 0.562. The average Bonchev–Trinajstić information content (AvgIpc) is 2.90. The van der Waals surface area contributed by atoms with E-state index in [1.54, 1.807) is 19.2 Å². The molecule has 1 fully saturated rings. The van der Waals surface area contributed by atoms with Crippen LogP contribution in [0.1, 0.15) is 25.3 Å². The standard InChI is InChI=1S/C16H24FN3S/c1-16(8-4-10-21-16)12-20-15(18-2)19-9-7-13-5-3-6-14(17)11-13/h3,5-6,11H,4,7-10,12H2,1-2H3,(H2,18,19,20). The van der Waals surface area contributed by atoms with Crippen LogP contribution >= 0.6 is 11.8 Å². The van der Waals surface area contributed by atoms with Crippen LogP contribution in [0.3, 0.4) is 0 Å². The monoisotopic (exact) mass is 309 g/mol. The molecule has 1 heterocycles. The summed E-state index contributed by atoms with van der Waals surface area (Å²) in [5.41, 5.74) is 0.997. The summed E-state index contributed by atoms with van der Waals surface area (Å²) in [5.74, 6) is 1.89. The third-order valence-corrected chi connectivity index (χ3v) is 5.29. The van der Waals surface area contributed by atoms with E-state index in [1.807, 2.05) is 17.8 Å². The maximum absolute atomic E-state index is 13.1. The number of guanidine groups is 1. The van der Waals surface area contributed by atoms with Crippen LogP contribution in [0.5, 0.6) is 0 Å². The van der Waals surface area contributed by atoms with Gasteiger partial charge in [-0.2, -0.15) is 11.8 Å². The van der Waals surface area contributed by atoms with Crippen LogP contribution in [0, 0.1) is 5.82 Å². The van der Waals surface area contributed by atoms with E-state index in [9.17, 15) is 4.39 Å². The number of hydrogen-bond acceptors (Lipinski definition) is 2. The molecular formula is C16H24FN3S. The van der Waals surface area contributed by atoms with Crippen molar-refractivity contribution in [1.29, 1.82) is 0 Å². The van der Waals surface area contributed by atoms with E-state index in [4.69, 9.17) is 0 Å². The van der Waals surface area contributed by atoms with Crippen LogP contribution in [0.2, 0.25) is 0 Å². The Morgan fingerprint density at radius 1 is 1.43 bits per heavy atom. The topological polar surface area (TPSA) is 36.4 Å². The molecule has 2 N–H and O–H groups in total. The molecule has 3 nitrogen and oxygen atoms in total. The molecule has 1 aromatic rings. The predicted octanol–water partition coefficient (Wildman–Crippen LogP) is 2.82. The third-order valence-electron chi connectivity index (χ3n) is 3.75. The molecule has 116 valence electrons. The molecule has 0 radical (unpaired) electrons. The van der Waals surface area contributed by atoms with Crippen molar-refractivity contribution >= 4 is 17.7 Å². The van der Waals surface area contributed by atoms with Crippen molar-refractivity contribution in [3.63, 3.8) is 0 Å². The van der Waals surface area contributed by atoms with E-state index < -0.39 is 0 Å². The first-order chi connectivity index (χ1) is 10.1. The van der Waals surface area contributed by atoms with Crippen molar-refractivity contribution in [2.75, 3.05) is 25.9 Å². The second-order valence-corrected chi connectivity index (χ2v) is 7.32. The van der Waals surface area contributed by atoms with Gasteiger partial charge in [0.1, 0.15) is 5.82 Å². The first-order valence-electron chi connectivity index (χ1n) is 7.44. The number of rotatable bonds is 5. The van der Waals surface area contributed by atoms with Crippen molar-refractivity contribution < 1.29 is 4.39 Å². The molecule has 1 aliphatic rings. The van der Waals surface area contributed by atoms with E-state index in [1.165, 1.54) is 24.7 Å². The molecular weight excluding hydrogens is 285 g/mol. The van der Waals surface area contributed by atoms with Crippen LogP contribution in [-0.2, 0) is 6.42 Å². The molecule has 0 amide bonds. The Morgan fingerprint density at radius 3 is 2.95 bits per heavy atom. The Labute approximate surface area is 130 Å². The number of nitrogens with zero attached hydrogens (tertiary/aromatic N) is 1. The van der Waals surface area contributed by atoms with E-state index in [2.05, 4.69) is 22.5 Å². The van der Waals surface area contributed by atoms with Gasteiger partial charge in [0.2, 0.25) is 0 Å². The number of thioether (sulfide) groups is 1. The fourth-order valence-corrected chi connectivity index (χ4v) is 3.73. The van der Waals surface area contributed by atoms with E-state index in [0.29, 0.717) is 4.75 Å². The van der Waals surface area contributed by atoms with E-state index in [-0.39, 0.29) is 5.82 Å². The highest BCUT2D eigenvalue weighted by Crippen LogP contribution is 2.36. The molecule has 0 saturated carbocycles. The van der Waals surface area contributed by atoms with Crippen molar-refractivity contribution in [3.05, 3.63) is 35.6 Å². The van der Waals surface area contributed by atoms with E-state index >= 15 is 0 Å². The summed E-state index contributed by atoms with van der Waals surface area (Å²) < 4.78 is 13.4. The van der Waals surface area contributed by atoms with Gasteiger partial charge in [0.15, 0.2) is 5.96 Å². The number of halogens is 1. The quantitative estimate of drug-likeness (QED) is 0.649. The molecule has 0 aromatic heterocycles. The Hall–Kier alpha value is -1.23. The molecule has 1 aliphatic heterocycles. The number of benzene rings is 1. The summed E-state index contributed by atoms with van der Waals surface area (Å²) in [4.78, 5) is 4.24. The molecule has 1 unspecified atom stereocenters. The zero-order valence-corrected chi connectivity index (χ0v) is 13.6. The average molecular weight is 309 g/mol. The number of aliphatic imine (C=N–C) groups is 1. The van der Waals surface area contributed by atoms with Crippen LogP contribution in [0.4, 0.5) is 4.39 Å². The largest absolute Gasteiger partial charge is 0.356 e. The van der Waals surface area contributed by atoms with Crippen LogP contribution in [0.15, 0.2) is 29.3 Å². The Kier molecular flexibility index (Phi) is 5.91. The lowest BCUT2D eigenvalue weighted by atomic mass is 10.1. The van der Waals surface area contributed by atoms with E-state index in [0.717, 1.165) is 31.0 Å². The van der Waals surface area contributed by atoms with Crippen LogP contribution in [-0.4, -0.2) is 36.6 Å². The van der Waals surface area contributed by atoms with Crippen molar-refractivity contribution in [2.45, 2.75) is 30.9 Å². The van der Waals surface area contributed by atoms with Gasteiger partial charge in [-0.15, -0.1) is 0 Å². The maximum Gasteiger partial charge on any atom is 0.191 e. The third kappa shape index (κ3) is 5.23. The Bertz CT molecular complexity index is 484. The van der Waals surface area contributed by atoms with Gasteiger partial charge in [0, 0.05) is 24.9 Å². The van der Waals surface area contributed by atoms with Gasteiger partial charge >= 0.3 is 0 Å². The molecule has 1 saturated heterocycles. The lowest BCUT2D eigenvalue weighted by Gasteiger charge is -2.24. The SMILES string of the molecule is CN=C(NCCc1cccc(F)c1)NCC1(C)CCCS1. The zero-order valence-electron chi connectivity index (χ0n) is 12.8. The minimum absolute atomic E-state index is 0.179. The zero-order chi connectivity index (χ0) is 15.1. The molecule has 0 aliphatic carbocycles. The highest BCUT2D eigenvalue weighted by Gasteiger charge is 2.29. The summed E-state index contributed by atoms with van der Waals surface area (Å²) >= 11 is 2.03. The molecule has 2 rings (SSSR count). The molecule has 1 aromatic carbocycles. The lowest BCUT2D eigenvalue weighted by molar-refractivity contribution is 0.584. The maximum atomic E-state index is 13.1. The summed E-state index contributed by atoms with van der Waals surface area (Å²) in [6.45, 7) is 3.97. The molecule has 21 heavy (non-hydrogen) atoms. The predicted molar refractivity (Wildman–Crippen MR) is 89.6 cm³/mol. The second kappa shape index (κ2) is 7.69. The normalized spacial score (nSPS) is 22.3. The Morgan fingerprint density at radius 2 is 2.29 bits per heavy atom. The summed E-state index contributed by atoms with van der Waals surface area (Å²) in [6.07, 6.45) is 3.34. The van der Waals surface area contributed by atoms with Gasteiger partial charge in [-0.05, 0) is 49.6 Å². The minimum atomic E-state index is -0.179. The first-order valence-corrected chi connectivity index (χ1v) is 8.43. The Balaban J connectivity index is 1.73. The van der Waals surface area contributed by atoms with Crippen LogP contribution in [0.25, 0.3) is 0 Å². The summed E-state index contributed by atoms with van der Waals surface area (Å²) in [5, 5.41) is 6.68. The second-order valence-electron chi connectivity index (χ2n) is 5.63. The van der Waals surface area contributed by atoms with Gasteiger partial charge < -0.3 is 10.6 Å². The summed E-state index contributed by atoms with van der Waals surface area (Å²) in [6, 6.07) is 6.73. The molecule has 0 bridgehead atoms. The van der Waals surface area contributed by atoms with Gasteiger partial charge in [0.25, 0.3) is 0 Å². The minimum Gasteiger partial charge on any atom is -0.356 e. The summed E-state index contributed by atoms with van der Waals surface area (Å²) in [7, 11) is 1.78. The van der Waals surface area contributed by atoms with Gasteiger partial charge in [-0.1, -0.05) is 12.1 Å². The van der Waals surface area contributed by atoms with Crippen molar-refractivity contribution in [3.8, 4) is 0 Å². The highest BCUT2D eigenvalue weighted by molar-refractivity contribution is 8.00. The fourth-order valence-electron chi connectivity index (χ4n) is 2.49. The molecule has 1 atom stereocenters. The van der Waals surface area contributed by atoms with Gasteiger partial charge in [-0.3, -0.25) is 4.99 Å². The number of nitrogens with one attached hydrogen (secondary N) is 2. The first kappa shape index (κ1) is 16.1. The highest BCUT2D eigenvalue weighted by atomic mass is 32.2.